The minimum Gasteiger partial charge on any atom is -0.316 e. The fraction of sp³-hybridized carbons (Fsp3) is 0.800. The van der Waals surface area contributed by atoms with Crippen LogP contribution in [-0.4, -0.2) is 19.4 Å². The highest BCUT2D eigenvalue weighted by Gasteiger charge is 2.14. The minimum absolute atomic E-state index is 0. The first-order valence-electron chi connectivity index (χ1n) is 2.58. The third-order valence-corrected chi connectivity index (χ3v) is 1.30. The van der Waals surface area contributed by atoms with E-state index in [9.17, 15) is 4.79 Å². The molecule has 8 heavy (non-hydrogen) atoms. The summed E-state index contributed by atoms with van der Waals surface area (Å²) in [5.74, 6) is 0.650. The predicted molar refractivity (Wildman–Crippen MR) is 34.3 cm³/mol. The largest absolute Gasteiger partial charge is 0.316 e. The zero-order chi connectivity index (χ0) is 5.11. The number of nitrogens with one attached hydrogen (secondary N) is 1. The van der Waals surface area contributed by atoms with Crippen LogP contribution in [0.25, 0.3) is 0 Å². The Morgan fingerprint density at radius 3 is 2.38 bits per heavy atom. The summed E-state index contributed by atoms with van der Waals surface area (Å²) in [7, 11) is 0. The van der Waals surface area contributed by atoms with Crippen LogP contribution in [0, 0.1) is 5.92 Å². The number of halogens is 1. The minimum atomic E-state index is 0. The zero-order valence-electron chi connectivity index (χ0n) is 4.59. The summed E-state index contributed by atoms with van der Waals surface area (Å²) >= 11 is 0. The van der Waals surface area contributed by atoms with Gasteiger partial charge in [0.1, 0.15) is 6.29 Å². The fourth-order valence-electron chi connectivity index (χ4n) is 0.651. The highest BCUT2D eigenvalue weighted by Crippen LogP contribution is 2.04. The fourth-order valence-corrected chi connectivity index (χ4v) is 0.651. The van der Waals surface area contributed by atoms with E-state index in [-0.39, 0.29) is 12.4 Å². The average Bonchev–Trinajstić information content (AvgIpc) is 1.55. The summed E-state index contributed by atoms with van der Waals surface area (Å²) in [5.41, 5.74) is 0. The molecule has 1 aliphatic rings. The lowest BCUT2D eigenvalue weighted by Crippen LogP contribution is -2.41. The second kappa shape index (κ2) is 3.87. The Balaban J connectivity index is 0.000000490. The van der Waals surface area contributed by atoms with Gasteiger partial charge in [-0.2, -0.15) is 0 Å². The van der Waals surface area contributed by atoms with Crippen LogP contribution in [0.3, 0.4) is 0 Å². The van der Waals surface area contributed by atoms with Crippen LogP contribution in [0.1, 0.15) is 6.42 Å². The molecular formula is C5H10ClNO. The number of hydrogen-bond donors (Lipinski definition) is 1. The van der Waals surface area contributed by atoms with Gasteiger partial charge in [-0.25, -0.2) is 0 Å². The van der Waals surface area contributed by atoms with E-state index < -0.39 is 0 Å². The van der Waals surface area contributed by atoms with Gasteiger partial charge in [-0.05, 0) is 19.0 Å². The van der Waals surface area contributed by atoms with Gasteiger partial charge in [-0.15, -0.1) is 12.4 Å². The molecule has 1 aliphatic heterocycles. The van der Waals surface area contributed by atoms with E-state index in [1.54, 1.807) is 0 Å². The van der Waals surface area contributed by atoms with E-state index in [0.29, 0.717) is 5.92 Å². The highest BCUT2D eigenvalue weighted by atomic mass is 35.5. The Bertz CT molecular complexity index is 72.8. The van der Waals surface area contributed by atoms with Crippen molar-refractivity contribution in [1.29, 1.82) is 0 Å². The van der Waals surface area contributed by atoms with Crippen molar-refractivity contribution in [2.24, 2.45) is 5.92 Å². The van der Waals surface area contributed by atoms with Crippen LogP contribution in [0.4, 0.5) is 0 Å². The number of aldehydes is 1. The van der Waals surface area contributed by atoms with Gasteiger partial charge >= 0.3 is 0 Å². The molecule has 0 saturated carbocycles. The number of hydrogen-bond acceptors (Lipinski definition) is 2. The lowest BCUT2D eigenvalue weighted by Gasteiger charge is -2.24. The molecule has 1 rings (SSSR count). The van der Waals surface area contributed by atoms with E-state index in [1.807, 2.05) is 0 Å². The molecule has 0 atom stereocenters. The molecule has 0 bridgehead atoms. The van der Waals surface area contributed by atoms with Crippen LogP contribution < -0.4 is 5.32 Å². The monoisotopic (exact) mass is 135 g/mol. The van der Waals surface area contributed by atoms with E-state index in [0.717, 1.165) is 25.8 Å². The van der Waals surface area contributed by atoms with Crippen molar-refractivity contribution in [3.05, 3.63) is 0 Å². The van der Waals surface area contributed by atoms with E-state index in [2.05, 4.69) is 5.32 Å². The zero-order valence-corrected chi connectivity index (χ0v) is 5.41. The van der Waals surface area contributed by atoms with Gasteiger partial charge in [0.15, 0.2) is 0 Å². The van der Waals surface area contributed by atoms with Gasteiger partial charge in [0.2, 0.25) is 0 Å². The molecule has 0 aromatic heterocycles. The lowest BCUT2D eigenvalue weighted by molar-refractivity contribution is -0.108. The van der Waals surface area contributed by atoms with Crippen molar-refractivity contribution in [1.82, 2.24) is 5.32 Å². The second-order valence-electron chi connectivity index (χ2n) is 1.93. The summed E-state index contributed by atoms with van der Waals surface area (Å²) < 4.78 is 0. The van der Waals surface area contributed by atoms with Crippen LogP contribution in [-0.2, 0) is 4.79 Å². The molecule has 2 nitrogen and oxygen atoms in total. The molecule has 0 spiro atoms. The topological polar surface area (TPSA) is 29.1 Å². The average molecular weight is 136 g/mol. The van der Waals surface area contributed by atoms with Gasteiger partial charge in [-0.1, -0.05) is 0 Å². The quantitative estimate of drug-likeness (QED) is 0.549. The Morgan fingerprint density at radius 2 is 2.25 bits per heavy atom. The van der Waals surface area contributed by atoms with E-state index in [1.165, 1.54) is 0 Å². The molecule has 0 radical (unpaired) electrons. The molecule has 0 unspecified atom stereocenters. The molecule has 3 heteroatoms. The Labute approximate surface area is 55.1 Å². The number of carbonyl (C=O) groups is 1. The highest BCUT2D eigenvalue weighted by molar-refractivity contribution is 5.85. The summed E-state index contributed by atoms with van der Waals surface area (Å²) in [6.07, 6.45) is 1.73. The van der Waals surface area contributed by atoms with Crippen molar-refractivity contribution in [3.63, 3.8) is 0 Å². The van der Waals surface area contributed by atoms with Crippen LogP contribution in [0.5, 0.6) is 0 Å². The SMILES string of the molecule is Cl.O=CCC1CNC1. The van der Waals surface area contributed by atoms with Gasteiger partial charge in [-0.3, -0.25) is 0 Å². The second-order valence-corrected chi connectivity index (χ2v) is 1.93. The van der Waals surface area contributed by atoms with Gasteiger partial charge in [0, 0.05) is 6.42 Å². The van der Waals surface area contributed by atoms with Gasteiger partial charge in [0.25, 0.3) is 0 Å². The van der Waals surface area contributed by atoms with Crippen molar-refractivity contribution in [2.75, 3.05) is 13.1 Å². The first kappa shape index (κ1) is 7.92. The first-order chi connectivity index (χ1) is 3.43. The molecular weight excluding hydrogens is 126 g/mol. The maximum Gasteiger partial charge on any atom is 0.120 e. The maximum atomic E-state index is 9.78. The molecule has 0 aliphatic carbocycles. The first-order valence-corrected chi connectivity index (χ1v) is 2.58. The third kappa shape index (κ3) is 1.80. The van der Waals surface area contributed by atoms with Crippen molar-refractivity contribution >= 4 is 18.7 Å². The smallest absolute Gasteiger partial charge is 0.120 e. The summed E-state index contributed by atoms with van der Waals surface area (Å²) in [5, 5.41) is 3.09. The van der Waals surface area contributed by atoms with Gasteiger partial charge < -0.3 is 10.1 Å². The molecule has 48 valence electrons. The molecule has 1 saturated heterocycles. The Kier molecular flexibility index (Phi) is 3.83. The normalized spacial score (nSPS) is 18.5. The molecule has 1 N–H and O–H groups in total. The number of rotatable bonds is 2. The van der Waals surface area contributed by atoms with Crippen LogP contribution in [0.15, 0.2) is 0 Å². The standard InChI is InChI=1S/C5H9NO.ClH/c7-2-1-5-3-6-4-5;/h2,5-6H,1,3-4H2;1H. The third-order valence-electron chi connectivity index (χ3n) is 1.30. The maximum absolute atomic E-state index is 9.78. The molecule has 0 amide bonds. The van der Waals surface area contributed by atoms with E-state index in [4.69, 9.17) is 0 Å². The van der Waals surface area contributed by atoms with Crippen molar-refractivity contribution in [3.8, 4) is 0 Å². The van der Waals surface area contributed by atoms with Crippen LogP contribution in [0.2, 0.25) is 0 Å². The summed E-state index contributed by atoms with van der Waals surface area (Å²) in [4.78, 5) is 9.78. The molecule has 0 aromatic carbocycles. The Hall–Kier alpha value is -0.0800. The Morgan fingerprint density at radius 1 is 1.62 bits per heavy atom. The van der Waals surface area contributed by atoms with Crippen molar-refractivity contribution < 1.29 is 4.79 Å². The number of carbonyl (C=O) groups excluding carboxylic acids is 1. The summed E-state index contributed by atoms with van der Waals surface area (Å²) in [6, 6.07) is 0. The van der Waals surface area contributed by atoms with Crippen molar-refractivity contribution in [2.45, 2.75) is 6.42 Å². The van der Waals surface area contributed by atoms with Crippen LogP contribution >= 0.6 is 12.4 Å². The molecule has 0 aromatic rings. The van der Waals surface area contributed by atoms with E-state index >= 15 is 0 Å². The summed E-state index contributed by atoms with van der Waals surface area (Å²) in [6.45, 7) is 2.08. The van der Waals surface area contributed by atoms with Gasteiger partial charge in [0.05, 0.1) is 0 Å². The molecule has 1 heterocycles. The predicted octanol–water partition coefficient (Wildman–Crippen LogP) is 0.217. The lowest BCUT2D eigenvalue weighted by atomic mass is 10.0. The molecule has 1 fully saturated rings.